The fourth-order valence-electron chi connectivity index (χ4n) is 3.37. The van der Waals surface area contributed by atoms with Crippen LogP contribution in [0.5, 0.6) is 0 Å². The highest BCUT2D eigenvalue weighted by molar-refractivity contribution is 7.80. The minimum absolute atomic E-state index is 0.398. The number of para-hydroxylation sites is 1. The summed E-state index contributed by atoms with van der Waals surface area (Å²) < 4.78 is 0. The molecule has 2 aliphatic heterocycles. The molecular weight excluding hydrogens is 276 g/mol. The molecule has 2 N–H and O–H groups in total. The molecule has 21 heavy (non-hydrogen) atoms. The summed E-state index contributed by atoms with van der Waals surface area (Å²) >= 11 is 1.41. The number of hydrogen-bond donors (Lipinski definition) is 2. The van der Waals surface area contributed by atoms with Crippen molar-refractivity contribution in [3.63, 3.8) is 0 Å². The molecular formula is C18H15N2S+. The van der Waals surface area contributed by atoms with Crippen molar-refractivity contribution in [1.82, 2.24) is 4.98 Å². The van der Waals surface area contributed by atoms with Gasteiger partial charge in [0, 0.05) is 33.6 Å². The van der Waals surface area contributed by atoms with E-state index in [0.717, 1.165) is 0 Å². The van der Waals surface area contributed by atoms with E-state index in [1.165, 1.54) is 44.8 Å². The Hall–Kier alpha value is -2.13. The van der Waals surface area contributed by atoms with Crippen LogP contribution >= 0.6 is 0 Å². The van der Waals surface area contributed by atoms with Crippen LogP contribution in [0.1, 0.15) is 10.8 Å². The third-order valence-electron chi connectivity index (χ3n) is 4.34. The zero-order valence-electron chi connectivity index (χ0n) is 11.4. The van der Waals surface area contributed by atoms with Gasteiger partial charge in [0.2, 0.25) is 5.37 Å². The Morgan fingerprint density at radius 1 is 0.905 bits per heavy atom. The lowest BCUT2D eigenvalue weighted by molar-refractivity contribution is 1.13. The number of nitrogens with one attached hydrogen (secondary N) is 2. The van der Waals surface area contributed by atoms with Crippen LogP contribution in [0.2, 0.25) is 0 Å². The predicted octanol–water partition coefficient (Wildman–Crippen LogP) is 4.05. The van der Waals surface area contributed by atoms with E-state index < -0.39 is 0 Å². The van der Waals surface area contributed by atoms with E-state index >= 15 is 0 Å². The summed E-state index contributed by atoms with van der Waals surface area (Å²) in [5.41, 5.74) is 5.11. The van der Waals surface area contributed by atoms with Gasteiger partial charge in [0.15, 0.2) is 5.25 Å². The number of hydrogen-bond acceptors (Lipinski definition) is 1. The average molecular weight is 291 g/mol. The van der Waals surface area contributed by atoms with Gasteiger partial charge in [-0.15, -0.1) is 0 Å². The van der Waals surface area contributed by atoms with Crippen LogP contribution in [0.25, 0.3) is 21.8 Å². The normalized spacial score (nSPS) is 23.0. The third-order valence-corrected chi connectivity index (χ3v) is 5.74. The van der Waals surface area contributed by atoms with E-state index in [1.807, 2.05) is 0 Å². The molecule has 0 amide bonds. The van der Waals surface area contributed by atoms with Crippen molar-refractivity contribution in [2.75, 3.05) is 5.32 Å². The number of aromatic amines is 1. The van der Waals surface area contributed by atoms with Gasteiger partial charge in [-0.2, -0.15) is 0 Å². The molecule has 0 saturated heterocycles. The number of fused-ring (bicyclic) bond motifs is 8. The maximum atomic E-state index is 3.70. The monoisotopic (exact) mass is 291 g/mol. The van der Waals surface area contributed by atoms with Crippen molar-refractivity contribution in [3.05, 3.63) is 66.3 Å². The van der Waals surface area contributed by atoms with Crippen LogP contribution < -0.4 is 5.32 Å². The van der Waals surface area contributed by atoms with E-state index in [1.54, 1.807) is 0 Å². The molecule has 3 aromatic rings. The summed E-state index contributed by atoms with van der Waals surface area (Å²) in [6, 6.07) is 13.1. The van der Waals surface area contributed by atoms with Crippen molar-refractivity contribution in [2.45, 2.75) is 10.6 Å². The number of allylic oxidation sites excluding steroid dienone is 2. The van der Waals surface area contributed by atoms with Gasteiger partial charge in [-0.1, -0.05) is 42.5 Å². The van der Waals surface area contributed by atoms with Gasteiger partial charge in [0.05, 0.1) is 11.2 Å². The Balaban J connectivity index is 1.85. The second kappa shape index (κ2) is 4.18. The van der Waals surface area contributed by atoms with Crippen molar-refractivity contribution >= 4 is 39.3 Å². The minimum atomic E-state index is 0.398. The van der Waals surface area contributed by atoms with Crippen LogP contribution in [0.3, 0.4) is 0 Å². The first-order valence-corrected chi connectivity index (χ1v) is 8.28. The molecule has 3 heterocycles. The van der Waals surface area contributed by atoms with Crippen LogP contribution in [-0.4, -0.2) is 10.4 Å². The first kappa shape index (κ1) is 11.5. The molecule has 3 heteroatoms. The maximum absolute atomic E-state index is 3.70. The zero-order chi connectivity index (χ0) is 13.8. The molecule has 2 nitrogen and oxygen atoms in total. The van der Waals surface area contributed by atoms with Crippen molar-refractivity contribution < 1.29 is 0 Å². The molecule has 0 spiro atoms. The number of anilines is 1. The predicted molar refractivity (Wildman–Crippen MR) is 93.0 cm³/mol. The molecule has 0 fully saturated rings. The van der Waals surface area contributed by atoms with E-state index in [0.29, 0.717) is 10.6 Å². The lowest BCUT2D eigenvalue weighted by atomic mass is 10.0. The van der Waals surface area contributed by atoms with Crippen molar-refractivity contribution in [1.29, 1.82) is 0 Å². The van der Waals surface area contributed by atoms with E-state index in [4.69, 9.17) is 0 Å². The minimum Gasteiger partial charge on any atom is -0.353 e. The molecule has 102 valence electrons. The first-order chi connectivity index (χ1) is 10.4. The summed E-state index contributed by atoms with van der Waals surface area (Å²) in [7, 11) is 0. The number of rotatable bonds is 0. The van der Waals surface area contributed by atoms with Crippen LogP contribution in [-0.2, 0) is 11.8 Å². The molecule has 2 unspecified atom stereocenters. The third kappa shape index (κ3) is 1.61. The molecule has 0 radical (unpaired) electrons. The van der Waals surface area contributed by atoms with Crippen molar-refractivity contribution in [2.24, 2.45) is 0 Å². The Morgan fingerprint density at radius 3 is 2.81 bits per heavy atom. The van der Waals surface area contributed by atoms with Crippen LogP contribution in [0.4, 0.5) is 5.69 Å². The zero-order valence-corrected chi connectivity index (χ0v) is 12.3. The maximum Gasteiger partial charge on any atom is 0.206 e. The second-order valence-electron chi connectivity index (χ2n) is 5.58. The van der Waals surface area contributed by atoms with E-state index in [2.05, 4.69) is 71.0 Å². The highest BCUT2D eigenvalue weighted by Crippen LogP contribution is 2.41. The van der Waals surface area contributed by atoms with Gasteiger partial charge >= 0.3 is 0 Å². The quantitative estimate of drug-likeness (QED) is 0.474. The summed E-state index contributed by atoms with van der Waals surface area (Å²) in [4.78, 5) is 3.60. The Bertz CT molecular complexity index is 920. The molecule has 2 aliphatic rings. The number of benzene rings is 2. The smallest absolute Gasteiger partial charge is 0.206 e. The van der Waals surface area contributed by atoms with Gasteiger partial charge in [-0.25, -0.2) is 0 Å². The molecule has 2 aromatic carbocycles. The largest absolute Gasteiger partial charge is 0.353 e. The fraction of sp³-hybridized carbons (Fsp3) is 0.111. The summed E-state index contributed by atoms with van der Waals surface area (Å²) in [5.74, 6) is 0. The highest BCUT2D eigenvalue weighted by atomic mass is 32.2. The van der Waals surface area contributed by atoms with Gasteiger partial charge in [0.1, 0.15) is 0 Å². The topological polar surface area (TPSA) is 27.8 Å². The standard InChI is InChI=1S/C18H14N2S/c1-2-6-14-11(5-1)12-9-10-13-15-7-3-4-8-16(21-15)20-18(13)17(12)19-14/h1-10,15-16,19-20H/p+1. The van der Waals surface area contributed by atoms with Crippen LogP contribution in [0, 0.1) is 0 Å². The first-order valence-electron chi connectivity index (χ1n) is 7.25. The number of aromatic nitrogens is 1. The van der Waals surface area contributed by atoms with Crippen LogP contribution in [0.15, 0.2) is 60.7 Å². The Kier molecular flexibility index (Phi) is 2.29. The van der Waals surface area contributed by atoms with Gasteiger partial charge < -0.3 is 10.3 Å². The summed E-state index contributed by atoms with van der Waals surface area (Å²) in [6.45, 7) is 0. The van der Waals surface area contributed by atoms with E-state index in [-0.39, 0.29) is 0 Å². The number of H-pyrrole nitrogens is 1. The lowest BCUT2D eigenvalue weighted by Gasteiger charge is -2.23. The van der Waals surface area contributed by atoms with Gasteiger partial charge in [0.25, 0.3) is 0 Å². The summed E-state index contributed by atoms with van der Waals surface area (Å²) in [5, 5.41) is 7.19. The SMILES string of the molecule is C1=CC2Nc3c(ccc4c3[nH]c3ccccc34)C(C=C1)[SH+]2. The van der Waals surface area contributed by atoms with Gasteiger partial charge in [-0.05, 0) is 18.2 Å². The molecule has 0 saturated carbocycles. The van der Waals surface area contributed by atoms with Crippen molar-refractivity contribution in [3.8, 4) is 0 Å². The Morgan fingerprint density at radius 2 is 1.81 bits per heavy atom. The summed E-state index contributed by atoms with van der Waals surface area (Å²) in [6.07, 6.45) is 8.89. The average Bonchev–Trinajstić information content (AvgIpc) is 2.79. The molecule has 0 aliphatic carbocycles. The highest BCUT2D eigenvalue weighted by Gasteiger charge is 2.33. The molecule has 5 rings (SSSR count). The van der Waals surface area contributed by atoms with E-state index in [9.17, 15) is 0 Å². The lowest BCUT2D eigenvalue weighted by Crippen LogP contribution is -2.27. The number of thiol groups is 1. The molecule has 2 bridgehead atoms. The second-order valence-corrected chi connectivity index (χ2v) is 6.99. The Labute approximate surface area is 126 Å². The molecule has 1 aromatic heterocycles. The fourth-order valence-corrected chi connectivity index (χ4v) is 4.69. The van der Waals surface area contributed by atoms with Gasteiger partial charge in [-0.3, -0.25) is 0 Å². The molecule has 2 atom stereocenters.